The van der Waals surface area contributed by atoms with Crippen molar-refractivity contribution in [2.45, 2.75) is 19.9 Å². The zero-order valence-corrected chi connectivity index (χ0v) is 10.9. The minimum Gasteiger partial charge on any atom is -0.481 e. The van der Waals surface area contributed by atoms with Crippen molar-refractivity contribution >= 4 is 17.0 Å². The molecule has 3 rings (SSSR count). The number of nitrogens with zero attached hydrogens (tertiary/aromatic N) is 3. The van der Waals surface area contributed by atoms with Crippen molar-refractivity contribution in [2.24, 2.45) is 0 Å². The van der Waals surface area contributed by atoms with Gasteiger partial charge in [0.05, 0.1) is 17.5 Å². The SMILES string of the molecule is Cc1cc(-c2nc3ccccc3n2CCC(=O)O)no1. The number of imidazole rings is 1. The van der Waals surface area contributed by atoms with Crippen molar-refractivity contribution in [2.75, 3.05) is 0 Å². The molecule has 0 spiro atoms. The lowest BCUT2D eigenvalue weighted by molar-refractivity contribution is -0.137. The molecule has 20 heavy (non-hydrogen) atoms. The summed E-state index contributed by atoms with van der Waals surface area (Å²) in [5.41, 5.74) is 2.32. The largest absolute Gasteiger partial charge is 0.481 e. The monoisotopic (exact) mass is 271 g/mol. The molecule has 0 unspecified atom stereocenters. The molecule has 0 saturated heterocycles. The molecular formula is C14H13N3O3. The Balaban J connectivity index is 2.14. The number of aliphatic carboxylic acids is 1. The second-order valence-electron chi connectivity index (χ2n) is 4.54. The van der Waals surface area contributed by atoms with Gasteiger partial charge in [-0.3, -0.25) is 4.79 Å². The number of fused-ring (bicyclic) bond motifs is 1. The number of carboxylic acid groups (broad SMARTS) is 1. The summed E-state index contributed by atoms with van der Waals surface area (Å²) in [6.07, 6.45) is 0.0319. The molecule has 0 bridgehead atoms. The highest BCUT2D eigenvalue weighted by Gasteiger charge is 2.16. The Labute approximate surface area is 114 Å². The van der Waals surface area contributed by atoms with Gasteiger partial charge in [0, 0.05) is 12.6 Å². The normalized spacial score (nSPS) is 11.1. The fourth-order valence-electron chi connectivity index (χ4n) is 2.18. The molecule has 0 aliphatic rings. The second-order valence-corrected chi connectivity index (χ2v) is 4.54. The third-order valence-electron chi connectivity index (χ3n) is 3.06. The summed E-state index contributed by atoms with van der Waals surface area (Å²) >= 11 is 0. The molecule has 0 aliphatic carbocycles. The molecule has 2 heterocycles. The molecule has 0 aliphatic heterocycles. The van der Waals surface area contributed by atoms with E-state index >= 15 is 0 Å². The van der Waals surface area contributed by atoms with Gasteiger partial charge in [-0.05, 0) is 19.1 Å². The maximum atomic E-state index is 10.8. The minimum atomic E-state index is -0.843. The molecule has 0 saturated carbocycles. The fraction of sp³-hybridized carbons (Fsp3) is 0.214. The summed E-state index contributed by atoms with van der Waals surface area (Å²) < 4.78 is 6.94. The van der Waals surface area contributed by atoms with Crippen molar-refractivity contribution in [1.82, 2.24) is 14.7 Å². The fourth-order valence-corrected chi connectivity index (χ4v) is 2.18. The van der Waals surface area contributed by atoms with Crippen LogP contribution in [-0.2, 0) is 11.3 Å². The number of rotatable bonds is 4. The first-order valence-electron chi connectivity index (χ1n) is 6.26. The van der Waals surface area contributed by atoms with Crippen LogP contribution in [0.2, 0.25) is 0 Å². The molecule has 3 aromatic rings. The van der Waals surface area contributed by atoms with E-state index < -0.39 is 5.97 Å². The molecule has 1 N–H and O–H groups in total. The van der Waals surface area contributed by atoms with Crippen molar-refractivity contribution in [1.29, 1.82) is 0 Å². The molecule has 0 radical (unpaired) electrons. The third kappa shape index (κ3) is 2.16. The van der Waals surface area contributed by atoms with Crippen LogP contribution in [0.3, 0.4) is 0 Å². The van der Waals surface area contributed by atoms with Crippen LogP contribution in [0.25, 0.3) is 22.6 Å². The molecule has 0 atom stereocenters. The Bertz CT molecular complexity index is 773. The van der Waals surface area contributed by atoms with E-state index in [4.69, 9.17) is 9.63 Å². The van der Waals surface area contributed by atoms with Gasteiger partial charge in [0.25, 0.3) is 0 Å². The van der Waals surface area contributed by atoms with Crippen LogP contribution in [0, 0.1) is 6.92 Å². The molecule has 0 amide bonds. The van der Waals surface area contributed by atoms with Crippen LogP contribution in [0.15, 0.2) is 34.9 Å². The van der Waals surface area contributed by atoms with E-state index in [1.165, 1.54) is 0 Å². The Kier molecular flexibility index (Phi) is 2.98. The number of para-hydroxylation sites is 2. The van der Waals surface area contributed by atoms with Crippen LogP contribution in [0.5, 0.6) is 0 Å². The molecular weight excluding hydrogens is 258 g/mol. The van der Waals surface area contributed by atoms with Crippen LogP contribution < -0.4 is 0 Å². The van der Waals surface area contributed by atoms with Gasteiger partial charge >= 0.3 is 5.97 Å². The van der Waals surface area contributed by atoms with Crippen LogP contribution in [0.4, 0.5) is 0 Å². The molecule has 6 nitrogen and oxygen atoms in total. The number of carbonyl (C=O) groups is 1. The van der Waals surface area contributed by atoms with Crippen molar-refractivity contribution in [3.8, 4) is 11.5 Å². The third-order valence-corrected chi connectivity index (χ3v) is 3.06. The summed E-state index contributed by atoms with van der Waals surface area (Å²) in [7, 11) is 0. The molecule has 6 heteroatoms. The van der Waals surface area contributed by atoms with Gasteiger partial charge < -0.3 is 14.2 Å². The Hall–Kier alpha value is -2.63. The average Bonchev–Trinajstić information content (AvgIpc) is 2.99. The highest BCUT2D eigenvalue weighted by Crippen LogP contribution is 2.24. The number of benzene rings is 1. The Morgan fingerprint density at radius 1 is 1.40 bits per heavy atom. The molecule has 102 valence electrons. The summed E-state index contributed by atoms with van der Waals surface area (Å²) in [5, 5.41) is 12.8. The van der Waals surface area contributed by atoms with E-state index in [2.05, 4.69) is 10.1 Å². The maximum absolute atomic E-state index is 10.8. The minimum absolute atomic E-state index is 0.0319. The van der Waals surface area contributed by atoms with E-state index in [1.807, 2.05) is 28.8 Å². The second kappa shape index (κ2) is 4.80. The maximum Gasteiger partial charge on any atom is 0.305 e. The smallest absolute Gasteiger partial charge is 0.305 e. The number of aryl methyl sites for hydroxylation is 2. The van der Waals surface area contributed by atoms with Crippen LogP contribution >= 0.6 is 0 Å². The topological polar surface area (TPSA) is 81.2 Å². The molecule has 1 aromatic carbocycles. The van der Waals surface area contributed by atoms with E-state index in [0.717, 1.165) is 11.0 Å². The summed E-state index contributed by atoms with van der Waals surface area (Å²) in [6.45, 7) is 2.15. The lowest BCUT2D eigenvalue weighted by Gasteiger charge is -2.05. The summed E-state index contributed by atoms with van der Waals surface area (Å²) in [6, 6.07) is 9.40. The van der Waals surface area contributed by atoms with Crippen molar-refractivity contribution in [3.05, 3.63) is 36.1 Å². The first kappa shape index (κ1) is 12.4. The first-order chi connectivity index (χ1) is 9.65. The number of hydrogen-bond acceptors (Lipinski definition) is 4. The number of carboxylic acids is 1. The number of aromatic nitrogens is 3. The Morgan fingerprint density at radius 3 is 2.90 bits per heavy atom. The van der Waals surface area contributed by atoms with E-state index in [-0.39, 0.29) is 6.42 Å². The van der Waals surface area contributed by atoms with E-state index in [0.29, 0.717) is 23.8 Å². The van der Waals surface area contributed by atoms with Gasteiger partial charge in [-0.25, -0.2) is 4.98 Å². The summed E-state index contributed by atoms with van der Waals surface area (Å²) in [5.74, 6) is 0.478. The lowest BCUT2D eigenvalue weighted by Crippen LogP contribution is -2.06. The van der Waals surface area contributed by atoms with Gasteiger partial charge in [-0.1, -0.05) is 17.3 Å². The quantitative estimate of drug-likeness (QED) is 0.788. The van der Waals surface area contributed by atoms with Crippen LogP contribution in [-0.4, -0.2) is 25.8 Å². The average molecular weight is 271 g/mol. The molecule has 2 aromatic heterocycles. The van der Waals surface area contributed by atoms with Crippen molar-refractivity contribution < 1.29 is 14.4 Å². The van der Waals surface area contributed by atoms with Gasteiger partial charge in [0.15, 0.2) is 5.82 Å². The van der Waals surface area contributed by atoms with Crippen LogP contribution in [0.1, 0.15) is 12.2 Å². The first-order valence-corrected chi connectivity index (χ1v) is 6.26. The van der Waals surface area contributed by atoms with E-state index in [9.17, 15) is 4.79 Å². The van der Waals surface area contributed by atoms with Gasteiger partial charge in [0.2, 0.25) is 0 Å². The van der Waals surface area contributed by atoms with Gasteiger partial charge in [-0.2, -0.15) is 0 Å². The predicted molar refractivity (Wildman–Crippen MR) is 72.2 cm³/mol. The van der Waals surface area contributed by atoms with Gasteiger partial charge in [-0.15, -0.1) is 0 Å². The number of hydrogen-bond donors (Lipinski definition) is 1. The zero-order chi connectivity index (χ0) is 14.1. The molecule has 0 fully saturated rings. The summed E-state index contributed by atoms with van der Waals surface area (Å²) in [4.78, 5) is 15.3. The van der Waals surface area contributed by atoms with E-state index in [1.54, 1.807) is 13.0 Å². The highest BCUT2D eigenvalue weighted by molar-refractivity contribution is 5.80. The predicted octanol–water partition coefficient (Wildman–Crippen LogP) is 2.47. The van der Waals surface area contributed by atoms with Crippen molar-refractivity contribution in [3.63, 3.8) is 0 Å². The zero-order valence-electron chi connectivity index (χ0n) is 10.9. The van der Waals surface area contributed by atoms with Gasteiger partial charge in [0.1, 0.15) is 11.5 Å². The Morgan fingerprint density at radius 2 is 2.20 bits per heavy atom. The lowest BCUT2D eigenvalue weighted by atomic mass is 10.3. The standard InChI is InChI=1S/C14H13N3O3/c1-9-8-11(16-20-9)14-15-10-4-2-3-5-12(10)17(14)7-6-13(18)19/h2-5,8H,6-7H2,1H3,(H,18,19). The highest BCUT2D eigenvalue weighted by atomic mass is 16.5.